The van der Waals surface area contributed by atoms with Gasteiger partial charge in [-0.05, 0) is 62.6 Å². The van der Waals surface area contributed by atoms with Crippen LogP contribution in [-0.4, -0.2) is 52.7 Å². The predicted octanol–water partition coefficient (Wildman–Crippen LogP) is 3.08. The molecule has 1 aromatic heterocycles. The van der Waals surface area contributed by atoms with Crippen LogP contribution >= 0.6 is 0 Å². The van der Waals surface area contributed by atoms with Crippen LogP contribution in [0.25, 0.3) is 0 Å². The Morgan fingerprint density at radius 1 is 1.00 bits per heavy atom. The van der Waals surface area contributed by atoms with Crippen LogP contribution in [0.5, 0.6) is 0 Å². The van der Waals surface area contributed by atoms with Crippen molar-refractivity contribution < 1.29 is 9.59 Å². The molecule has 2 aromatic rings. The van der Waals surface area contributed by atoms with Crippen LogP contribution in [-0.2, 0) is 0 Å². The second-order valence-electron chi connectivity index (χ2n) is 7.92. The molecule has 3 heterocycles. The first-order chi connectivity index (χ1) is 14.2. The number of hydrogen-bond donors (Lipinski definition) is 2. The van der Waals surface area contributed by atoms with Crippen LogP contribution in [0.2, 0.25) is 0 Å². The van der Waals surface area contributed by atoms with Gasteiger partial charge in [-0.1, -0.05) is 12.8 Å². The molecule has 2 fully saturated rings. The zero-order valence-electron chi connectivity index (χ0n) is 16.8. The quantitative estimate of drug-likeness (QED) is 0.834. The first-order valence-electron chi connectivity index (χ1n) is 10.7. The second kappa shape index (κ2) is 9.22. The van der Waals surface area contributed by atoms with Crippen LogP contribution in [0.3, 0.4) is 0 Å². The van der Waals surface area contributed by atoms with Crippen LogP contribution in [0.4, 0.5) is 5.69 Å². The Morgan fingerprint density at radius 2 is 1.76 bits per heavy atom. The Labute approximate surface area is 171 Å². The molecular formula is C22H29N5O2. The van der Waals surface area contributed by atoms with E-state index in [1.54, 1.807) is 30.3 Å². The summed E-state index contributed by atoms with van der Waals surface area (Å²) in [5, 5.41) is 10.7. The molecule has 4 rings (SSSR count). The number of rotatable bonds is 4. The molecule has 0 bridgehead atoms. The van der Waals surface area contributed by atoms with Crippen molar-refractivity contribution in [3.8, 4) is 0 Å². The largest absolute Gasteiger partial charge is 0.339 e. The highest BCUT2D eigenvalue weighted by atomic mass is 16.2. The molecule has 0 spiro atoms. The second-order valence-corrected chi connectivity index (χ2v) is 7.92. The molecule has 154 valence electrons. The number of likely N-dealkylation sites (tertiary alicyclic amines) is 1. The number of nitrogens with one attached hydrogen (secondary N) is 2. The number of piperidine rings is 1. The first kappa shape index (κ1) is 19.6. The van der Waals surface area contributed by atoms with Gasteiger partial charge in [0.2, 0.25) is 0 Å². The molecule has 1 unspecified atom stereocenters. The van der Waals surface area contributed by atoms with Gasteiger partial charge in [-0.2, -0.15) is 5.10 Å². The fourth-order valence-corrected chi connectivity index (χ4v) is 4.07. The maximum absolute atomic E-state index is 12.7. The summed E-state index contributed by atoms with van der Waals surface area (Å²) in [6.07, 6.45) is 8.60. The summed E-state index contributed by atoms with van der Waals surface area (Å²) < 4.78 is 1.88. The summed E-state index contributed by atoms with van der Waals surface area (Å²) in [6, 6.07) is 9.19. The van der Waals surface area contributed by atoms with Crippen molar-refractivity contribution >= 4 is 17.5 Å². The average molecular weight is 396 g/mol. The van der Waals surface area contributed by atoms with Gasteiger partial charge in [0.25, 0.3) is 11.8 Å². The average Bonchev–Trinajstić information content (AvgIpc) is 3.10. The molecule has 2 aliphatic heterocycles. The van der Waals surface area contributed by atoms with Gasteiger partial charge in [-0.15, -0.1) is 0 Å². The smallest absolute Gasteiger partial charge is 0.276 e. The van der Waals surface area contributed by atoms with Crippen LogP contribution in [0.1, 0.15) is 65.4 Å². The van der Waals surface area contributed by atoms with E-state index in [1.165, 1.54) is 12.8 Å². The first-order valence-corrected chi connectivity index (χ1v) is 10.7. The van der Waals surface area contributed by atoms with Gasteiger partial charge in [-0.25, -0.2) is 0 Å². The van der Waals surface area contributed by atoms with Crippen molar-refractivity contribution in [1.82, 2.24) is 20.0 Å². The van der Waals surface area contributed by atoms with Crippen molar-refractivity contribution in [3.63, 3.8) is 0 Å². The molecule has 2 amide bonds. The fourth-order valence-electron chi connectivity index (χ4n) is 4.07. The van der Waals surface area contributed by atoms with E-state index in [2.05, 4.69) is 15.7 Å². The standard InChI is InChI=1S/C22H29N5O2/c28-21(20-11-15-27(25-20)19-6-5-12-23-16-19)24-18-9-7-17(8-10-18)22(29)26-13-3-1-2-4-14-26/h7-11,15,19,23H,1-6,12-14,16H2,(H,24,28). The van der Waals surface area contributed by atoms with Gasteiger partial charge < -0.3 is 15.5 Å². The topological polar surface area (TPSA) is 79.3 Å². The number of amides is 2. The lowest BCUT2D eigenvalue weighted by atomic mass is 10.1. The summed E-state index contributed by atoms with van der Waals surface area (Å²) in [7, 11) is 0. The summed E-state index contributed by atoms with van der Waals surface area (Å²) >= 11 is 0. The fraction of sp³-hybridized carbons (Fsp3) is 0.500. The molecule has 1 aromatic carbocycles. The highest BCUT2D eigenvalue weighted by Crippen LogP contribution is 2.18. The highest BCUT2D eigenvalue weighted by molar-refractivity contribution is 6.03. The molecule has 2 aliphatic rings. The number of carbonyl (C=O) groups is 2. The molecule has 7 nitrogen and oxygen atoms in total. The van der Waals surface area contributed by atoms with Gasteiger partial charge >= 0.3 is 0 Å². The van der Waals surface area contributed by atoms with Crippen LogP contribution < -0.4 is 10.6 Å². The molecule has 0 radical (unpaired) electrons. The molecule has 7 heteroatoms. The highest BCUT2D eigenvalue weighted by Gasteiger charge is 2.19. The third-order valence-corrected chi connectivity index (χ3v) is 5.77. The lowest BCUT2D eigenvalue weighted by Gasteiger charge is -2.22. The third kappa shape index (κ3) is 4.85. The molecule has 2 N–H and O–H groups in total. The minimum Gasteiger partial charge on any atom is -0.339 e. The Bertz CT molecular complexity index is 831. The maximum atomic E-state index is 12.7. The van der Waals surface area contributed by atoms with Crippen molar-refractivity contribution in [3.05, 3.63) is 47.8 Å². The minimum atomic E-state index is -0.237. The zero-order chi connectivity index (χ0) is 20.1. The van der Waals surface area contributed by atoms with Gasteiger partial charge in [0.15, 0.2) is 5.69 Å². The zero-order valence-corrected chi connectivity index (χ0v) is 16.8. The number of aromatic nitrogens is 2. The van der Waals surface area contributed by atoms with Crippen molar-refractivity contribution in [2.75, 3.05) is 31.5 Å². The van der Waals surface area contributed by atoms with Crippen LogP contribution in [0.15, 0.2) is 36.5 Å². The molecule has 0 aliphatic carbocycles. The Hall–Kier alpha value is -2.67. The van der Waals surface area contributed by atoms with E-state index in [0.717, 1.165) is 51.9 Å². The summed E-state index contributed by atoms with van der Waals surface area (Å²) in [5.74, 6) is -0.163. The SMILES string of the molecule is O=C(Nc1ccc(C(=O)N2CCCCCC2)cc1)c1ccn(C2CCCNC2)n1. The lowest BCUT2D eigenvalue weighted by molar-refractivity contribution is 0.0761. The van der Waals surface area contributed by atoms with Crippen molar-refractivity contribution in [2.24, 2.45) is 0 Å². The van der Waals surface area contributed by atoms with E-state index >= 15 is 0 Å². The monoisotopic (exact) mass is 395 g/mol. The summed E-state index contributed by atoms with van der Waals surface area (Å²) in [6.45, 7) is 3.59. The van der Waals surface area contributed by atoms with E-state index < -0.39 is 0 Å². The number of hydrogen-bond acceptors (Lipinski definition) is 4. The third-order valence-electron chi connectivity index (χ3n) is 5.77. The Kier molecular flexibility index (Phi) is 6.24. The van der Waals surface area contributed by atoms with E-state index in [-0.39, 0.29) is 11.8 Å². The molecule has 0 saturated carbocycles. The van der Waals surface area contributed by atoms with E-state index in [1.807, 2.05) is 15.8 Å². The van der Waals surface area contributed by atoms with Gasteiger partial charge in [-0.3, -0.25) is 14.3 Å². The molecular weight excluding hydrogens is 366 g/mol. The summed E-state index contributed by atoms with van der Waals surface area (Å²) in [5.41, 5.74) is 1.73. The van der Waals surface area contributed by atoms with Crippen LogP contribution in [0, 0.1) is 0 Å². The van der Waals surface area contributed by atoms with E-state index in [0.29, 0.717) is 23.0 Å². The van der Waals surface area contributed by atoms with Crippen molar-refractivity contribution in [2.45, 2.75) is 44.6 Å². The van der Waals surface area contributed by atoms with E-state index in [9.17, 15) is 9.59 Å². The maximum Gasteiger partial charge on any atom is 0.276 e. The lowest BCUT2D eigenvalue weighted by Crippen LogP contribution is -2.32. The molecule has 29 heavy (non-hydrogen) atoms. The number of nitrogens with zero attached hydrogens (tertiary/aromatic N) is 3. The Balaban J connectivity index is 1.36. The molecule has 2 saturated heterocycles. The Morgan fingerprint density at radius 3 is 2.45 bits per heavy atom. The number of anilines is 1. The predicted molar refractivity (Wildman–Crippen MR) is 112 cm³/mol. The van der Waals surface area contributed by atoms with Gasteiger partial charge in [0.05, 0.1) is 6.04 Å². The van der Waals surface area contributed by atoms with E-state index in [4.69, 9.17) is 0 Å². The number of benzene rings is 1. The van der Waals surface area contributed by atoms with Crippen molar-refractivity contribution in [1.29, 1.82) is 0 Å². The molecule has 1 atom stereocenters. The minimum absolute atomic E-state index is 0.0737. The number of carbonyl (C=O) groups excluding carboxylic acids is 2. The van der Waals surface area contributed by atoms with Gasteiger partial charge in [0, 0.05) is 37.1 Å². The normalized spacial score (nSPS) is 20.1. The van der Waals surface area contributed by atoms with Gasteiger partial charge in [0.1, 0.15) is 0 Å². The summed E-state index contributed by atoms with van der Waals surface area (Å²) in [4.78, 5) is 27.2.